The molecule has 0 radical (unpaired) electrons. The molecule has 0 unspecified atom stereocenters. The van der Waals surface area contributed by atoms with Crippen molar-refractivity contribution in [2.75, 3.05) is 46.4 Å². The summed E-state index contributed by atoms with van der Waals surface area (Å²) in [5, 5.41) is 6.83. The molecule has 1 aromatic rings. The number of carbonyl (C=O) groups excluding carboxylic acids is 1. The Morgan fingerprint density at radius 3 is 2.57 bits per heavy atom. The smallest absolute Gasteiger partial charge is 0.251 e. The van der Waals surface area contributed by atoms with Crippen molar-refractivity contribution in [3.05, 3.63) is 34.9 Å². The average molecular weight is 523 g/mol. The number of rotatable bonds is 8. The Morgan fingerprint density at radius 2 is 1.93 bits per heavy atom. The number of hydrogen-bond donors (Lipinski definition) is 2. The molecular formula is C20H32ClIN4O2. The number of ether oxygens (including phenoxy) is 1. The van der Waals surface area contributed by atoms with Gasteiger partial charge in [-0.05, 0) is 56.4 Å². The summed E-state index contributed by atoms with van der Waals surface area (Å²) in [4.78, 5) is 18.9. The molecule has 1 fully saturated rings. The van der Waals surface area contributed by atoms with E-state index in [-0.39, 0.29) is 29.9 Å². The van der Waals surface area contributed by atoms with Gasteiger partial charge in [-0.2, -0.15) is 0 Å². The Hall–Kier alpha value is -1.06. The number of halogens is 2. The number of hydrogen-bond acceptors (Lipinski definition) is 3. The minimum absolute atomic E-state index is 0. The third-order valence-electron chi connectivity index (χ3n) is 4.68. The highest BCUT2D eigenvalue weighted by Gasteiger charge is 2.15. The zero-order valence-electron chi connectivity index (χ0n) is 16.7. The zero-order valence-corrected chi connectivity index (χ0v) is 19.8. The summed E-state index contributed by atoms with van der Waals surface area (Å²) in [6.07, 6.45) is 3.45. The summed E-state index contributed by atoms with van der Waals surface area (Å²) in [6, 6.07) is 6.86. The fraction of sp³-hybridized carbons (Fsp3) is 0.600. The maximum absolute atomic E-state index is 12.1. The van der Waals surface area contributed by atoms with Crippen molar-refractivity contribution >= 4 is 47.4 Å². The quantitative estimate of drug-likeness (QED) is 0.238. The van der Waals surface area contributed by atoms with Gasteiger partial charge < -0.3 is 20.3 Å². The molecule has 6 nitrogen and oxygen atoms in total. The van der Waals surface area contributed by atoms with Crippen LogP contribution in [0.5, 0.6) is 0 Å². The molecule has 1 saturated heterocycles. The molecule has 0 saturated carbocycles. The SMILES string of the molecule is CCNC(=NCCNC(=O)c1ccc(Cl)cc1)N(C)CCC1CCOCC1.I. The lowest BCUT2D eigenvalue weighted by molar-refractivity contribution is 0.0625. The molecule has 1 aliphatic heterocycles. The van der Waals surface area contributed by atoms with Crippen LogP contribution in [-0.4, -0.2) is 63.2 Å². The van der Waals surface area contributed by atoms with Crippen LogP contribution >= 0.6 is 35.6 Å². The van der Waals surface area contributed by atoms with Crippen molar-refractivity contribution < 1.29 is 9.53 Å². The van der Waals surface area contributed by atoms with E-state index >= 15 is 0 Å². The number of benzene rings is 1. The molecular weight excluding hydrogens is 491 g/mol. The predicted octanol–water partition coefficient (Wildman–Crippen LogP) is 3.40. The summed E-state index contributed by atoms with van der Waals surface area (Å²) in [7, 11) is 2.06. The monoisotopic (exact) mass is 522 g/mol. The number of nitrogens with one attached hydrogen (secondary N) is 2. The van der Waals surface area contributed by atoms with E-state index in [4.69, 9.17) is 16.3 Å². The molecule has 28 heavy (non-hydrogen) atoms. The molecule has 0 aliphatic carbocycles. The second kappa shape index (κ2) is 14.0. The van der Waals surface area contributed by atoms with Gasteiger partial charge in [-0.25, -0.2) is 0 Å². The number of amides is 1. The van der Waals surface area contributed by atoms with E-state index in [1.807, 2.05) is 0 Å². The molecule has 1 heterocycles. The van der Waals surface area contributed by atoms with Crippen LogP contribution in [0.25, 0.3) is 0 Å². The van der Waals surface area contributed by atoms with Crippen molar-refractivity contribution in [2.24, 2.45) is 10.9 Å². The van der Waals surface area contributed by atoms with Crippen LogP contribution in [0.2, 0.25) is 5.02 Å². The van der Waals surface area contributed by atoms with Crippen LogP contribution in [0.15, 0.2) is 29.3 Å². The van der Waals surface area contributed by atoms with Crippen molar-refractivity contribution in [3.8, 4) is 0 Å². The second-order valence-electron chi connectivity index (χ2n) is 6.76. The first-order chi connectivity index (χ1) is 13.1. The van der Waals surface area contributed by atoms with Crippen LogP contribution in [0.1, 0.15) is 36.5 Å². The molecule has 0 spiro atoms. The number of nitrogens with zero attached hydrogens (tertiary/aromatic N) is 2. The second-order valence-corrected chi connectivity index (χ2v) is 7.20. The Balaban J connectivity index is 0.00000392. The first kappa shape index (κ1) is 25.0. The summed E-state index contributed by atoms with van der Waals surface area (Å²) >= 11 is 5.85. The van der Waals surface area contributed by atoms with E-state index in [0.717, 1.165) is 57.4 Å². The number of carbonyl (C=O) groups is 1. The van der Waals surface area contributed by atoms with Gasteiger partial charge in [0.25, 0.3) is 5.91 Å². The summed E-state index contributed by atoms with van der Waals surface area (Å²) in [5.41, 5.74) is 0.601. The summed E-state index contributed by atoms with van der Waals surface area (Å²) in [6.45, 7) is 6.63. The third kappa shape index (κ3) is 8.96. The molecule has 1 aliphatic rings. The lowest BCUT2D eigenvalue weighted by atomic mass is 9.96. The van der Waals surface area contributed by atoms with Crippen LogP contribution in [0, 0.1) is 5.92 Å². The van der Waals surface area contributed by atoms with Gasteiger partial charge in [-0.3, -0.25) is 9.79 Å². The lowest BCUT2D eigenvalue weighted by Crippen LogP contribution is -2.40. The molecule has 2 rings (SSSR count). The molecule has 2 N–H and O–H groups in total. The first-order valence-electron chi connectivity index (χ1n) is 9.71. The van der Waals surface area contributed by atoms with E-state index in [1.54, 1.807) is 24.3 Å². The van der Waals surface area contributed by atoms with Gasteiger partial charge in [0.15, 0.2) is 5.96 Å². The maximum atomic E-state index is 12.1. The molecule has 1 aromatic carbocycles. The van der Waals surface area contributed by atoms with Gasteiger partial charge in [-0.1, -0.05) is 11.6 Å². The van der Waals surface area contributed by atoms with E-state index < -0.39 is 0 Å². The summed E-state index contributed by atoms with van der Waals surface area (Å²) in [5.74, 6) is 1.51. The highest BCUT2D eigenvalue weighted by atomic mass is 127. The Morgan fingerprint density at radius 1 is 1.25 bits per heavy atom. The van der Waals surface area contributed by atoms with Crippen LogP contribution < -0.4 is 10.6 Å². The van der Waals surface area contributed by atoms with Gasteiger partial charge in [0, 0.05) is 50.5 Å². The highest BCUT2D eigenvalue weighted by Crippen LogP contribution is 2.18. The highest BCUT2D eigenvalue weighted by molar-refractivity contribution is 14.0. The minimum Gasteiger partial charge on any atom is -0.381 e. The molecule has 0 bridgehead atoms. The summed E-state index contributed by atoms with van der Waals surface area (Å²) < 4.78 is 5.42. The molecule has 158 valence electrons. The van der Waals surface area contributed by atoms with Gasteiger partial charge in [0.1, 0.15) is 0 Å². The lowest BCUT2D eigenvalue weighted by Gasteiger charge is -2.26. The van der Waals surface area contributed by atoms with Crippen molar-refractivity contribution in [2.45, 2.75) is 26.2 Å². The minimum atomic E-state index is -0.111. The van der Waals surface area contributed by atoms with E-state index in [2.05, 4.69) is 34.5 Å². The zero-order chi connectivity index (χ0) is 19.5. The van der Waals surface area contributed by atoms with E-state index in [0.29, 0.717) is 23.7 Å². The van der Waals surface area contributed by atoms with Crippen LogP contribution in [0.4, 0.5) is 0 Å². The third-order valence-corrected chi connectivity index (χ3v) is 4.93. The number of aliphatic imine (C=N–C) groups is 1. The molecule has 0 aromatic heterocycles. The molecule has 0 atom stereocenters. The standard InChI is InChI=1S/C20H31ClN4O2.HI/c1-3-22-20(25(2)13-8-16-9-14-27-15-10-16)24-12-11-23-19(26)17-4-6-18(21)7-5-17;/h4-7,16H,3,8-15H2,1-2H3,(H,22,24)(H,23,26);1H. The van der Waals surface area contributed by atoms with Crippen molar-refractivity contribution in [3.63, 3.8) is 0 Å². The fourth-order valence-corrected chi connectivity index (χ4v) is 3.15. The topological polar surface area (TPSA) is 66.0 Å². The predicted molar refractivity (Wildman–Crippen MR) is 126 cm³/mol. The Labute approximate surface area is 190 Å². The largest absolute Gasteiger partial charge is 0.381 e. The van der Waals surface area contributed by atoms with Crippen molar-refractivity contribution in [1.29, 1.82) is 0 Å². The van der Waals surface area contributed by atoms with Gasteiger partial charge in [0.2, 0.25) is 0 Å². The Kier molecular flexibility index (Phi) is 12.5. The fourth-order valence-electron chi connectivity index (χ4n) is 3.02. The van der Waals surface area contributed by atoms with E-state index in [9.17, 15) is 4.79 Å². The van der Waals surface area contributed by atoms with Gasteiger partial charge in [0.05, 0.1) is 6.54 Å². The molecule has 1 amide bonds. The first-order valence-corrected chi connectivity index (χ1v) is 10.1. The maximum Gasteiger partial charge on any atom is 0.251 e. The van der Waals surface area contributed by atoms with Gasteiger partial charge >= 0.3 is 0 Å². The average Bonchev–Trinajstić information content (AvgIpc) is 2.69. The Bertz CT molecular complexity index is 607. The van der Waals surface area contributed by atoms with Crippen molar-refractivity contribution in [1.82, 2.24) is 15.5 Å². The van der Waals surface area contributed by atoms with Crippen LogP contribution in [0.3, 0.4) is 0 Å². The van der Waals surface area contributed by atoms with E-state index in [1.165, 1.54) is 0 Å². The van der Waals surface area contributed by atoms with Gasteiger partial charge in [-0.15, -0.1) is 24.0 Å². The number of guanidine groups is 1. The van der Waals surface area contributed by atoms with Crippen LogP contribution in [-0.2, 0) is 4.74 Å². The normalized spacial score (nSPS) is 14.9. The molecule has 8 heteroatoms.